The summed E-state index contributed by atoms with van der Waals surface area (Å²) in [6.07, 6.45) is 6.90. The molecule has 2 aromatic rings. The van der Waals surface area contributed by atoms with E-state index in [1.165, 1.54) is 28.1 Å². The van der Waals surface area contributed by atoms with Gasteiger partial charge in [-0.1, -0.05) is 48.6 Å². The fraction of sp³-hybridized carbons (Fsp3) is 0.0625. The number of benzene rings is 2. The molecule has 0 aliphatic carbocycles. The molecule has 0 saturated carbocycles. The first-order chi connectivity index (χ1) is 8.31. The summed E-state index contributed by atoms with van der Waals surface area (Å²) in [7, 11) is 0. The molecule has 0 atom stereocenters. The van der Waals surface area contributed by atoms with Crippen LogP contribution >= 0.6 is 0 Å². The second-order valence-electron chi connectivity index (χ2n) is 3.96. The molecule has 0 amide bonds. The van der Waals surface area contributed by atoms with Crippen molar-refractivity contribution in [3.05, 3.63) is 66.3 Å². The molecule has 0 fully saturated rings. The second kappa shape index (κ2) is 5.26. The van der Waals surface area contributed by atoms with Crippen LogP contribution in [0.15, 0.2) is 60.7 Å². The van der Waals surface area contributed by atoms with Crippen molar-refractivity contribution in [2.75, 3.05) is 0 Å². The minimum Gasteiger partial charge on any atom is -0.309 e. The van der Waals surface area contributed by atoms with Crippen LogP contribution in [0.4, 0.5) is 0 Å². The topological polar surface area (TPSA) is 23.9 Å². The van der Waals surface area contributed by atoms with E-state index >= 15 is 0 Å². The molecule has 0 aromatic heterocycles. The van der Waals surface area contributed by atoms with Gasteiger partial charge in [-0.25, -0.2) is 0 Å². The third-order valence-electron chi connectivity index (χ3n) is 2.76. The Balaban J connectivity index is 2.39. The highest BCUT2D eigenvalue weighted by Gasteiger charge is 1.96. The zero-order valence-corrected chi connectivity index (χ0v) is 9.85. The smallest absolute Gasteiger partial charge is 0.0177 e. The van der Waals surface area contributed by atoms with Gasteiger partial charge in [0.1, 0.15) is 0 Å². The largest absolute Gasteiger partial charge is 0.309 e. The van der Waals surface area contributed by atoms with E-state index in [4.69, 9.17) is 5.41 Å². The maximum atomic E-state index is 6.92. The molecule has 1 heteroatoms. The van der Waals surface area contributed by atoms with Crippen LogP contribution in [0, 0.1) is 5.41 Å². The monoisotopic (exact) mass is 221 g/mol. The zero-order chi connectivity index (χ0) is 12.1. The Hall–Kier alpha value is -2.15. The van der Waals surface area contributed by atoms with Gasteiger partial charge in [0.05, 0.1) is 0 Å². The molecule has 1 nitrogen and oxygen atoms in total. The summed E-state index contributed by atoms with van der Waals surface area (Å²) >= 11 is 0. The average Bonchev–Trinajstić information content (AvgIpc) is 2.38. The van der Waals surface area contributed by atoms with Crippen LogP contribution in [-0.2, 0) is 0 Å². The average molecular weight is 221 g/mol. The van der Waals surface area contributed by atoms with Crippen LogP contribution < -0.4 is 0 Å². The van der Waals surface area contributed by atoms with Gasteiger partial charge < -0.3 is 5.41 Å². The highest BCUT2D eigenvalue weighted by molar-refractivity contribution is 5.86. The number of hydrogen-bond donors (Lipinski definition) is 1. The van der Waals surface area contributed by atoms with E-state index in [9.17, 15) is 0 Å². The van der Waals surface area contributed by atoms with Gasteiger partial charge in [0, 0.05) is 6.21 Å². The number of hydrogen-bond acceptors (Lipinski definition) is 1. The lowest BCUT2D eigenvalue weighted by Crippen LogP contribution is -1.80. The van der Waals surface area contributed by atoms with Crippen LogP contribution in [0.3, 0.4) is 0 Å². The van der Waals surface area contributed by atoms with E-state index in [-0.39, 0.29) is 0 Å². The molecule has 84 valence electrons. The lowest BCUT2D eigenvalue weighted by molar-refractivity contribution is 1.57. The van der Waals surface area contributed by atoms with Crippen molar-refractivity contribution < 1.29 is 0 Å². The Bertz CT molecular complexity index is 591. The van der Waals surface area contributed by atoms with Crippen molar-refractivity contribution in [3.63, 3.8) is 0 Å². The van der Waals surface area contributed by atoms with Crippen molar-refractivity contribution in [3.8, 4) is 0 Å². The Morgan fingerprint density at radius 1 is 1.00 bits per heavy atom. The van der Waals surface area contributed by atoms with Gasteiger partial charge in [-0.15, -0.1) is 0 Å². The molecule has 0 saturated heterocycles. The Morgan fingerprint density at radius 2 is 1.76 bits per heavy atom. The van der Waals surface area contributed by atoms with E-state index in [2.05, 4.69) is 49.4 Å². The predicted molar refractivity (Wildman–Crippen MR) is 75.5 cm³/mol. The lowest BCUT2D eigenvalue weighted by atomic mass is 10.0. The van der Waals surface area contributed by atoms with Gasteiger partial charge in [0.25, 0.3) is 0 Å². The molecule has 0 aliphatic heterocycles. The van der Waals surface area contributed by atoms with Crippen LogP contribution in [0.25, 0.3) is 16.3 Å². The summed E-state index contributed by atoms with van der Waals surface area (Å²) in [4.78, 5) is 0. The van der Waals surface area contributed by atoms with Crippen molar-refractivity contribution in [2.24, 2.45) is 0 Å². The van der Waals surface area contributed by atoms with Gasteiger partial charge in [0.15, 0.2) is 0 Å². The van der Waals surface area contributed by atoms with Crippen LogP contribution in [0.2, 0.25) is 0 Å². The molecular formula is C16H15N. The number of rotatable bonds is 3. The molecule has 2 aromatic carbocycles. The Morgan fingerprint density at radius 3 is 2.53 bits per heavy atom. The van der Waals surface area contributed by atoms with Gasteiger partial charge in [-0.3, -0.25) is 0 Å². The van der Waals surface area contributed by atoms with Crippen molar-refractivity contribution in [1.82, 2.24) is 0 Å². The summed E-state index contributed by atoms with van der Waals surface area (Å²) < 4.78 is 0. The predicted octanol–water partition coefficient (Wildman–Crippen LogP) is 4.45. The second-order valence-corrected chi connectivity index (χ2v) is 3.96. The van der Waals surface area contributed by atoms with Gasteiger partial charge in [-0.05, 0) is 41.0 Å². The SMILES string of the molecule is C/C(=C\C=C/C=N)c1ccc2ccccc2c1. The molecule has 0 heterocycles. The highest BCUT2D eigenvalue weighted by Crippen LogP contribution is 2.20. The normalized spacial score (nSPS) is 12.2. The molecule has 0 bridgehead atoms. The molecule has 0 radical (unpaired) electrons. The summed E-state index contributed by atoms with van der Waals surface area (Å²) in [5, 5.41) is 9.44. The van der Waals surface area contributed by atoms with E-state index < -0.39 is 0 Å². The fourth-order valence-electron chi connectivity index (χ4n) is 1.79. The first kappa shape index (κ1) is 11.3. The van der Waals surface area contributed by atoms with Crippen LogP contribution in [0.5, 0.6) is 0 Å². The maximum absolute atomic E-state index is 6.92. The number of nitrogens with one attached hydrogen (secondary N) is 1. The first-order valence-electron chi connectivity index (χ1n) is 5.64. The van der Waals surface area contributed by atoms with Gasteiger partial charge >= 0.3 is 0 Å². The summed E-state index contributed by atoms with van der Waals surface area (Å²) in [5.41, 5.74) is 2.42. The number of allylic oxidation sites excluding steroid dienone is 4. The molecule has 1 N–H and O–H groups in total. The minimum absolute atomic E-state index is 1.20. The maximum Gasteiger partial charge on any atom is 0.0177 e. The van der Waals surface area contributed by atoms with Crippen molar-refractivity contribution in [2.45, 2.75) is 6.92 Å². The Kier molecular flexibility index (Phi) is 3.51. The summed E-state index contributed by atoms with van der Waals surface area (Å²) in [6.45, 7) is 2.08. The van der Waals surface area contributed by atoms with Crippen molar-refractivity contribution >= 4 is 22.6 Å². The highest BCUT2D eigenvalue weighted by atomic mass is 14.3. The minimum atomic E-state index is 1.20. The van der Waals surface area contributed by atoms with Crippen molar-refractivity contribution in [1.29, 1.82) is 5.41 Å². The fourth-order valence-corrected chi connectivity index (χ4v) is 1.79. The number of fused-ring (bicyclic) bond motifs is 1. The van der Waals surface area contributed by atoms with Crippen LogP contribution in [-0.4, -0.2) is 6.21 Å². The quantitative estimate of drug-likeness (QED) is 0.585. The summed E-state index contributed by atoms with van der Waals surface area (Å²) in [5.74, 6) is 0. The lowest BCUT2D eigenvalue weighted by Gasteiger charge is -2.03. The van der Waals surface area contributed by atoms with E-state index in [1.807, 2.05) is 12.2 Å². The summed E-state index contributed by atoms with van der Waals surface area (Å²) in [6, 6.07) is 14.8. The standard InChI is InChI=1S/C16H15N/c1-13(6-4-5-11-17)15-10-9-14-7-2-3-8-16(14)12-15/h2-12,17H,1H3/b5-4-,13-6+,17-11?. The third kappa shape index (κ3) is 2.70. The molecule has 2 rings (SSSR count). The van der Waals surface area contributed by atoms with Gasteiger partial charge in [-0.2, -0.15) is 0 Å². The van der Waals surface area contributed by atoms with E-state index in [1.54, 1.807) is 6.08 Å². The van der Waals surface area contributed by atoms with E-state index in [0.717, 1.165) is 0 Å². The van der Waals surface area contributed by atoms with Gasteiger partial charge in [0.2, 0.25) is 0 Å². The molecule has 0 spiro atoms. The zero-order valence-electron chi connectivity index (χ0n) is 9.85. The first-order valence-corrected chi connectivity index (χ1v) is 5.64. The molecular weight excluding hydrogens is 206 g/mol. The molecule has 0 aliphatic rings. The molecule has 17 heavy (non-hydrogen) atoms. The Labute approximate surface area is 102 Å². The third-order valence-corrected chi connectivity index (χ3v) is 2.76. The van der Waals surface area contributed by atoms with E-state index in [0.29, 0.717) is 0 Å². The van der Waals surface area contributed by atoms with Crippen LogP contribution in [0.1, 0.15) is 12.5 Å². The molecule has 0 unspecified atom stereocenters.